The van der Waals surface area contributed by atoms with Gasteiger partial charge < -0.3 is 52.2 Å². The Morgan fingerprint density at radius 3 is 2.02 bits per heavy atom. The molecule has 1 fully saturated rings. The van der Waals surface area contributed by atoms with E-state index in [1.165, 1.54) is 28.4 Å². The van der Waals surface area contributed by atoms with Crippen LogP contribution in [0.1, 0.15) is 101 Å². The third-order valence-electron chi connectivity index (χ3n) is 13.0. The number of hydrogen-bond donors (Lipinski definition) is 2. The van der Waals surface area contributed by atoms with E-state index in [1.807, 2.05) is 13.0 Å². The molecule has 15 heteroatoms. The Morgan fingerprint density at radius 1 is 0.965 bits per heavy atom. The number of rotatable bonds is 27. The molecule has 1 saturated heterocycles. The summed E-state index contributed by atoms with van der Waals surface area (Å²) in [5.41, 5.74) is -0.768. The van der Waals surface area contributed by atoms with Crippen LogP contribution in [0.2, 0.25) is 36.3 Å². The predicted molar refractivity (Wildman–Crippen MR) is 227 cm³/mol. The number of ketones is 1. The van der Waals surface area contributed by atoms with Crippen molar-refractivity contribution in [2.75, 3.05) is 48.9 Å². The minimum Gasteiger partial charge on any atom is -0.467 e. The number of carbonyl (C=O) groups is 2. The third kappa shape index (κ3) is 14.2. The molecule has 1 aliphatic rings. The van der Waals surface area contributed by atoms with Crippen molar-refractivity contribution in [1.29, 1.82) is 0 Å². The number of esters is 1. The lowest BCUT2D eigenvalue weighted by molar-refractivity contribution is -0.376. The maximum absolute atomic E-state index is 13.6. The number of aliphatic hydroxyl groups is 2. The molecule has 0 saturated carbocycles. The summed E-state index contributed by atoms with van der Waals surface area (Å²) < 4.78 is 53.6. The van der Waals surface area contributed by atoms with Crippen LogP contribution in [-0.2, 0) is 51.6 Å². The largest absolute Gasteiger partial charge is 0.467 e. The smallest absolute Gasteiger partial charge is 0.337 e. The number of Topliss-reactive ketones (excluding diaryl/α,β-unsaturated/α-hetero) is 1. The average molecular weight is 851 g/mol. The minimum atomic E-state index is -2.40. The van der Waals surface area contributed by atoms with Crippen LogP contribution in [0.5, 0.6) is 0 Å². The third-order valence-corrected chi connectivity index (χ3v) is 22.1. The summed E-state index contributed by atoms with van der Waals surface area (Å²) in [6.07, 6.45) is -2.89. The van der Waals surface area contributed by atoms with Gasteiger partial charge in [0.05, 0.1) is 37.6 Å². The second-order valence-electron chi connectivity index (χ2n) is 17.8. The van der Waals surface area contributed by atoms with Gasteiger partial charge in [0.25, 0.3) is 0 Å². The van der Waals surface area contributed by atoms with E-state index in [0.717, 1.165) is 24.6 Å². The standard InChI is InChI=1S/C42H82O13Si2/c1-18-30(27-53-56(16,17)40(6,7)8)22-29(5)33(43)23-31(48-12)26-36(44)41(9,10)42(46)38(55-57(19-2,20-3)21-4)35(50-14)25-32(54-42)24-34(49-13)37(39(45)51-15)52-28-47-11/h22,30-32,34-38,44,46H,18-21,23-28H2,1-17H3/b29-22-/t30?,31-,32-,34+,35+,36-,37-,38+,42?/m1/s1. The lowest BCUT2D eigenvalue weighted by atomic mass is 9.70. The van der Waals surface area contributed by atoms with Gasteiger partial charge in [-0.3, -0.25) is 4.79 Å². The molecule has 2 unspecified atom stereocenters. The van der Waals surface area contributed by atoms with Gasteiger partial charge in [-0.15, -0.1) is 0 Å². The molecule has 9 atom stereocenters. The molecular formula is C42H82O13Si2. The summed E-state index contributed by atoms with van der Waals surface area (Å²) >= 11 is 0. The normalized spacial score (nSPS) is 24.1. The number of ether oxygens (including phenoxy) is 7. The first kappa shape index (κ1) is 53.9. The lowest BCUT2D eigenvalue weighted by Crippen LogP contribution is -2.70. The summed E-state index contributed by atoms with van der Waals surface area (Å²) in [4.78, 5) is 26.4. The van der Waals surface area contributed by atoms with Gasteiger partial charge in [0, 0.05) is 66.1 Å². The van der Waals surface area contributed by atoms with Crippen LogP contribution in [0.25, 0.3) is 0 Å². The van der Waals surface area contributed by atoms with Crippen LogP contribution < -0.4 is 0 Å². The number of methoxy groups -OCH3 is 5. The highest BCUT2D eigenvalue weighted by molar-refractivity contribution is 6.74. The average Bonchev–Trinajstić information content (AvgIpc) is 3.17. The molecule has 0 aromatic heterocycles. The number of hydrogen-bond acceptors (Lipinski definition) is 13. The van der Waals surface area contributed by atoms with Crippen LogP contribution in [-0.4, -0.2) is 136 Å². The van der Waals surface area contributed by atoms with Crippen molar-refractivity contribution in [2.24, 2.45) is 11.3 Å². The van der Waals surface area contributed by atoms with Crippen LogP contribution in [0.15, 0.2) is 11.6 Å². The second kappa shape index (κ2) is 23.8. The fraction of sp³-hybridized carbons (Fsp3) is 0.905. The van der Waals surface area contributed by atoms with Gasteiger partial charge in [0.2, 0.25) is 5.79 Å². The SMILES string of the molecule is CCC(/C=C(/C)C(=O)C[C@H](C[C@@H](O)C(C)(C)C1(O)O[C@H](C[C@H](OC)[C@@H](OCOC)C(=O)OC)C[C@H](OC)[C@@H]1O[Si](CC)(CC)CC)OC)CO[Si](C)(C)C(C)(C)C. The van der Waals surface area contributed by atoms with Crippen molar-refractivity contribution in [1.82, 2.24) is 0 Å². The molecule has 0 radical (unpaired) electrons. The number of aliphatic hydroxyl groups excluding tert-OH is 1. The van der Waals surface area contributed by atoms with Crippen LogP contribution >= 0.6 is 0 Å². The Bertz CT molecular complexity index is 1230. The molecule has 0 aromatic carbocycles. The Balaban J connectivity index is 3.53. The molecule has 1 heterocycles. The fourth-order valence-electron chi connectivity index (χ4n) is 7.17. The van der Waals surface area contributed by atoms with Gasteiger partial charge in [0.15, 0.2) is 28.5 Å². The second-order valence-corrected chi connectivity index (χ2v) is 27.3. The van der Waals surface area contributed by atoms with E-state index in [2.05, 4.69) is 61.6 Å². The molecule has 0 aromatic rings. The monoisotopic (exact) mass is 851 g/mol. The maximum Gasteiger partial charge on any atom is 0.337 e. The topological polar surface area (TPSA) is 158 Å². The van der Waals surface area contributed by atoms with Gasteiger partial charge in [-0.2, -0.15) is 0 Å². The fourth-order valence-corrected chi connectivity index (χ4v) is 11.1. The first-order valence-electron chi connectivity index (χ1n) is 20.8. The maximum atomic E-state index is 13.6. The molecule has 57 heavy (non-hydrogen) atoms. The van der Waals surface area contributed by atoms with Crippen molar-refractivity contribution < 1.29 is 61.8 Å². The zero-order valence-electron chi connectivity index (χ0n) is 38.7. The van der Waals surface area contributed by atoms with Gasteiger partial charge in [0.1, 0.15) is 12.9 Å². The van der Waals surface area contributed by atoms with Crippen molar-refractivity contribution in [3.8, 4) is 0 Å². The van der Waals surface area contributed by atoms with Gasteiger partial charge in [-0.1, -0.05) is 68.4 Å². The first-order chi connectivity index (χ1) is 26.5. The van der Waals surface area contributed by atoms with Gasteiger partial charge in [-0.25, -0.2) is 4.79 Å². The molecular weight excluding hydrogens is 769 g/mol. The predicted octanol–water partition coefficient (Wildman–Crippen LogP) is 7.18. The molecule has 0 spiro atoms. The summed E-state index contributed by atoms with van der Waals surface area (Å²) in [6, 6.07) is 2.42. The van der Waals surface area contributed by atoms with E-state index < -0.39 is 76.5 Å². The molecule has 2 N–H and O–H groups in total. The molecule has 13 nitrogen and oxygen atoms in total. The molecule has 1 rings (SSSR count). The highest BCUT2D eigenvalue weighted by atomic mass is 28.4. The Labute approximate surface area is 347 Å². The summed E-state index contributed by atoms with van der Waals surface area (Å²) in [6.45, 7) is 25.1. The zero-order chi connectivity index (χ0) is 44.0. The van der Waals surface area contributed by atoms with E-state index in [4.69, 9.17) is 42.0 Å². The van der Waals surface area contributed by atoms with Crippen LogP contribution in [0, 0.1) is 11.3 Å². The van der Waals surface area contributed by atoms with E-state index in [0.29, 0.717) is 18.6 Å². The molecule has 336 valence electrons. The summed E-state index contributed by atoms with van der Waals surface area (Å²) in [5.74, 6) is -2.75. The molecule has 0 bridgehead atoms. The Morgan fingerprint density at radius 2 is 1.56 bits per heavy atom. The number of allylic oxidation sites excluding steroid dienone is 1. The molecule has 1 aliphatic heterocycles. The van der Waals surface area contributed by atoms with E-state index in [1.54, 1.807) is 21.0 Å². The lowest BCUT2D eigenvalue weighted by Gasteiger charge is -2.56. The van der Waals surface area contributed by atoms with Crippen molar-refractivity contribution in [3.05, 3.63) is 11.6 Å². The van der Waals surface area contributed by atoms with Crippen molar-refractivity contribution in [2.45, 2.75) is 186 Å². The first-order valence-corrected chi connectivity index (χ1v) is 26.3. The molecule has 0 aliphatic carbocycles. The Kier molecular flexibility index (Phi) is 22.5. The zero-order valence-corrected chi connectivity index (χ0v) is 40.7. The van der Waals surface area contributed by atoms with E-state index >= 15 is 0 Å². The van der Waals surface area contributed by atoms with Gasteiger partial charge in [-0.05, 0) is 61.1 Å². The highest BCUT2D eigenvalue weighted by Gasteiger charge is 2.62. The molecule has 0 amide bonds. The quantitative estimate of drug-likeness (QED) is 0.0371. The Hall–Kier alpha value is -1.09. The minimum absolute atomic E-state index is 0.0305. The van der Waals surface area contributed by atoms with Crippen LogP contribution in [0.4, 0.5) is 0 Å². The van der Waals surface area contributed by atoms with Gasteiger partial charge >= 0.3 is 5.97 Å². The summed E-state index contributed by atoms with van der Waals surface area (Å²) in [7, 11) is 2.89. The number of carbonyl (C=O) groups excluding carboxylic acids is 2. The van der Waals surface area contributed by atoms with Crippen molar-refractivity contribution >= 4 is 28.4 Å². The van der Waals surface area contributed by atoms with Crippen molar-refractivity contribution in [3.63, 3.8) is 0 Å². The van der Waals surface area contributed by atoms with Crippen LogP contribution in [0.3, 0.4) is 0 Å². The highest BCUT2D eigenvalue weighted by Crippen LogP contribution is 2.49. The van der Waals surface area contributed by atoms with E-state index in [9.17, 15) is 19.8 Å². The summed E-state index contributed by atoms with van der Waals surface area (Å²) in [5, 5.41) is 25.3. The van der Waals surface area contributed by atoms with E-state index in [-0.39, 0.29) is 42.8 Å².